The van der Waals surface area contributed by atoms with Crippen LogP contribution in [0.1, 0.15) is 71.6 Å². The number of aliphatic hydroxyl groups is 2. The summed E-state index contributed by atoms with van der Waals surface area (Å²) in [5.41, 5.74) is 20.3. The Labute approximate surface area is 417 Å². The number of hydrogen-bond donors (Lipinski definition) is 7. The number of nitrogens with one attached hydrogen (secondary N) is 1. The van der Waals surface area contributed by atoms with Crippen molar-refractivity contribution >= 4 is 81.3 Å². The van der Waals surface area contributed by atoms with E-state index in [0.29, 0.717) is 85.2 Å². The predicted octanol–water partition coefficient (Wildman–Crippen LogP) is 8.88. The second kappa shape index (κ2) is 26.4. The topological polar surface area (TPSA) is 307 Å². The minimum absolute atomic E-state index is 0.0602. The quantitative estimate of drug-likeness (QED) is 0.0226. The number of carboxylic acid groups (broad SMARTS) is 1. The zero-order chi connectivity index (χ0) is 50.9. The van der Waals surface area contributed by atoms with Gasteiger partial charge in [0.15, 0.2) is 0 Å². The molecule has 0 saturated heterocycles. The van der Waals surface area contributed by atoms with Crippen molar-refractivity contribution in [3.05, 3.63) is 148 Å². The maximum atomic E-state index is 12.8. The predicted molar refractivity (Wildman–Crippen MR) is 268 cm³/mol. The Morgan fingerprint density at radius 1 is 0.667 bits per heavy atom. The molecule has 0 aliphatic heterocycles. The third-order valence-electron chi connectivity index (χ3n) is 10.1. The van der Waals surface area contributed by atoms with Crippen molar-refractivity contribution in [1.82, 2.24) is 24.4 Å². The Balaban J connectivity index is 0.000000275. The minimum atomic E-state index is -1.04. The number of amides is 1. The molecule has 0 radical (unpaired) electrons. The number of aromatic carboxylic acids is 1. The Bertz CT molecular complexity index is 2750. The molecular formula is C46H52Cl4N10O9. The molecule has 0 aliphatic rings. The van der Waals surface area contributed by atoms with Gasteiger partial charge in [-0.25, -0.2) is 14.8 Å². The fourth-order valence-corrected chi connectivity index (χ4v) is 7.65. The molecule has 6 rings (SSSR count). The number of nitrogens with two attached hydrogens (primary N) is 3. The van der Waals surface area contributed by atoms with Crippen LogP contribution in [0.4, 0.5) is 23.0 Å². The standard InChI is InChI=1S/C23H25Cl2N5O4.C20H18Cl2N4O4.C3H9NO/c1-14(13-31)27-23(32)19-12-29(11-18(19)17-7-5-15(24)10-20(17)25)9-3-2-4-16-6-8-21(30(33)34)22(26)28-16;21-12-4-6-14(17(22)9-12)15-10-25(11-16(15)20(27)28)8-2-1-3-13-5-7-18(26(29)30)19(23)24-13;1-3(4)2-5/h5-8,10-12,14,31H,2-4,9,13H2,1H3,(H2,26,28)(H,27,32);4-7,9-11H,1-3,8H2,(H2,23,24)(H,27,28);3,5H,2,4H2,1H3/t14-;;3-/m0.0/s1. The summed E-state index contributed by atoms with van der Waals surface area (Å²) in [7, 11) is 0. The van der Waals surface area contributed by atoms with E-state index in [0.717, 1.165) is 25.7 Å². The molecule has 2 atom stereocenters. The first-order chi connectivity index (χ1) is 32.7. The first-order valence-electron chi connectivity index (χ1n) is 21.3. The van der Waals surface area contributed by atoms with Gasteiger partial charge in [-0.05, 0) is 88.8 Å². The van der Waals surface area contributed by atoms with Crippen molar-refractivity contribution in [2.45, 2.75) is 77.5 Å². The van der Waals surface area contributed by atoms with Gasteiger partial charge in [0.1, 0.15) is 0 Å². The van der Waals surface area contributed by atoms with E-state index < -0.39 is 21.9 Å². The number of pyridine rings is 2. The lowest BCUT2D eigenvalue weighted by atomic mass is 10.0. The molecule has 0 spiro atoms. The van der Waals surface area contributed by atoms with Gasteiger partial charge in [-0.1, -0.05) is 58.5 Å². The molecule has 2 aromatic carbocycles. The number of halogens is 4. The summed E-state index contributed by atoms with van der Waals surface area (Å²) >= 11 is 24.6. The normalized spacial score (nSPS) is 11.7. The zero-order valence-electron chi connectivity index (χ0n) is 37.5. The molecule has 4 aromatic heterocycles. The van der Waals surface area contributed by atoms with Crippen LogP contribution in [0, 0.1) is 20.2 Å². The fourth-order valence-electron chi connectivity index (χ4n) is 6.63. The molecule has 0 aliphatic carbocycles. The Morgan fingerprint density at radius 3 is 1.45 bits per heavy atom. The lowest BCUT2D eigenvalue weighted by Gasteiger charge is -2.11. The van der Waals surface area contributed by atoms with Gasteiger partial charge in [-0.15, -0.1) is 0 Å². The third-order valence-corrected chi connectivity index (χ3v) is 11.2. The Morgan fingerprint density at radius 2 is 1.09 bits per heavy atom. The first kappa shape index (κ1) is 55.3. The number of anilines is 2. The van der Waals surface area contributed by atoms with Gasteiger partial charge in [0, 0.05) is 116 Å². The lowest BCUT2D eigenvalue weighted by Crippen LogP contribution is -2.35. The van der Waals surface area contributed by atoms with Crippen LogP contribution in [0.3, 0.4) is 0 Å². The number of carboxylic acids is 1. The van der Waals surface area contributed by atoms with Gasteiger partial charge in [0.25, 0.3) is 5.91 Å². The number of carbonyl (C=O) groups excluding carboxylic acids is 1. The molecular weight excluding hydrogens is 978 g/mol. The maximum absolute atomic E-state index is 12.8. The number of nitro groups is 2. The molecule has 19 nitrogen and oxygen atoms in total. The Kier molecular flexibility index (Phi) is 21.2. The van der Waals surface area contributed by atoms with Crippen LogP contribution < -0.4 is 22.5 Å². The van der Waals surface area contributed by atoms with Crippen molar-refractivity contribution in [1.29, 1.82) is 0 Å². The second-order valence-electron chi connectivity index (χ2n) is 15.8. The van der Waals surface area contributed by atoms with Gasteiger partial charge in [0.2, 0.25) is 11.6 Å². The molecule has 10 N–H and O–H groups in total. The van der Waals surface area contributed by atoms with Gasteiger partial charge in [0.05, 0.1) is 34.2 Å². The van der Waals surface area contributed by atoms with Gasteiger partial charge in [-0.2, -0.15) is 0 Å². The van der Waals surface area contributed by atoms with E-state index in [1.807, 2.05) is 10.8 Å². The van der Waals surface area contributed by atoms with Gasteiger partial charge in [-0.3, -0.25) is 25.0 Å². The molecule has 4 heterocycles. The van der Waals surface area contributed by atoms with Crippen molar-refractivity contribution in [2.75, 3.05) is 24.7 Å². The highest BCUT2D eigenvalue weighted by Gasteiger charge is 2.21. The summed E-state index contributed by atoms with van der Waals surface area (Å²) in [4.78, 5) is 53.2. The molecule has 0 bridgehead atoms. The van der Waals surface area contributed by atoms with E-state index in [1.54, 1.807) is 85.5 Å². The monoisotopic (exact) mass is 1030 g/mol. The molecule has 6 aromatic rings. The average molecular weight is 1030 g/mol. The van der Waals surface area contributed by atoms with Crippen molar-refractivity contribution in [2.24, 2.45) is 5.73 Å². The highest BCUT2D eigenvalue weighted by Crippen LogP contribution is 2.35. The summed E-state index contributed by atoms with van der Waals surface area (Å²) in [5, 5.41) is 53.1. The lowest BCUT2D eigenvalue weighted by molar-refractivity contribution is -0.384. The van der Waals surface area contributed by atoms with Crippen LogP contribution in [0.15, 0.2) is 85.5 Å². The number of aromatic nitrogens is 4. The molecule has 69 heavy (non-hydrogen) atoms. The van der Waals surface area contributed by atoms with Crippen LogP contribution in [0.5, 0.6) is 0 Å². The van der Waals surface area contributed by atoms with Crippen LogP contribution in [0.25, 0.3) is 22.3 Å². The van der Waals surface area contributed by atoms with Crippen LogP contribution in [-0.4, -0.2) is 81.4 Å². The van der Waals surface area contributed by atoms with E-state index >= 15 is 0 Å². The zero-order valence-corrected chi connectivity index (χ0v) is 40.6. The smallest absolute Gasteiger partial charge is 0.337 e. The molecule has 0 saturated carbocycles. The molecule has 23 heteroatoms. The maximum Gasteiger partial charge on any atom is 0.337 e. The molecule has 0 fully saturated rings. The molecule has 0 unspecified atom stereocenters. The highest BCUT2D eigenvalue weighted by atomic mass is 35.5. The number of aliphatic hydroxyl groups excluding tert-OH is 2. The van der Waals surface area contributed by atoms with Crippen LogP contribution >= 0.6 is 46.4 Å². The Hall–Kier alpha value is -6.32. The molecule has 1 amide bonds. The van der Waals surface area contributed by atoms with Crippen LogP contribution in [-0.2, 0) is 25.9 Å². The average Bonchev–Trinajstić information content (AvgIpc) is 3.92. The molecule has 368 valence electrons. The summed E-state index contributed by atoms with van der Waals surface area (Å²) < 4.78 is 3.72. The van der Waals surface area contributed by atoms with E-state index in [2.05, 4.69) is 15.3 Å². The van der Waals surface area contributed by atoms with Gasteiger partial charge < -0.3 is 47.0 Å². The number of aryl methyl sites for hydroxylation is 4. The number of nitrogens with zero attached hydrogens (tertiary/aromatic N) is 6. The van der Waals surface area contributed by atoms with Gasteiger partial charge >= 0.3 is 17.3 Å². The first-order valence-corrected chi connectivity index (χ1v) is 22.8. The van der Waals surface area contributed by atoms with Crippen molar-refractivity contribution < 1.29 is 34.8 Å². The van der Waals surface area contributed by atoms with E-state index in [-0.39, 0.29) is 53.7 Å². The van der Waals surface area contributed by atoms with Crippen molar-refractivity contribution in [3.8, 4) is 22.3 Å². The summed E-state index contributed by atoms with van der Waals surface area (Å²) in [6, 6.07) is 15.5. The SMILES string of the molecule is C[C@@H](CO)NC(=O)c1cn(CCCCc2ccc([N+](=O)[O-])c(N)n2)cc1-c1ccc(Cl)cc1Cl.C[C@H](N)CO.Nc1nc(CCCCn2cc(C(=O)O)c(-c3ccc(Cl)cc3Cl)c2)ccc1[N+](=O)[O-]. The minimum Gasteiger partial charge on any atom is -0.478 e. The largest absolute Gasteiger partial charge is 0.478 e. The summed E-state index contributed by atoms with van der Waals surface area (Å²) in [6.45, 7) is 4.59. The third kappa shape index (κ3) is 16.4. The fraction of sp³-hybridized carbons (Fsp3) is 0.304. The summed E-state index contributed by atoms with van der Waals surface area (Å²) in [5.74, 6) is -1.55. The number of unbranched alkanes of at least 4 members (excludes halogenated alkanes) is 2. The number of rotatable bonds is 19. The highest BCUT2D eigenvalue weighted by molar-refractivity contribution is 6.37. The number of nitrogen functional groups attached to an aromatic ring is 2. The van der Waals surface area contributed by atoms with E-state index in [9.17, 15) is 40.0 Å². The van der Waals surface area contributed by atoms with Crippen molar-refractivity contribution in [3.63, 3.8) is 0 Å². The summed E-state index contributed by atoms with van der Waals surface area (Å²) in [6.07, 6.45) is 11.2. The van der Waals surface area contributed by atoms with E-state index in [1.165, 1.54) is 12.1 Å². The second-order valence-corrected chi connectivity index (χ2v) is 17.4. The number of hydrogen-bond acceptors (Lipinski definition) is 13. The van der Waals surface area contributed by atoms with Crippen LogP contribution in [0.2, 0.25) is 20.1 Å². The number of benzene rings is 2. The van der Waals surface area contributed by atoms with E-state index in [4.69, 9.17) is 68.7 Å². The number of carbonyl (C=O) groups is 2.